The zero-order chi connectivity index (χ0) is 16.2. The Kier molecular flexibility index (Phi) is 3.92. The van der Waals surface area contributed by atoms with Gasteiger partial charge in [-0.2, -0.15) is 4.31 Å². The van der Waals surface area contributed by atoms with Gasteiger partial charge in [-0.05, 0) is 37.8 Å². The van der Waals surface area contributed by atoms with E-state index in [9.17, 15) is 18.3 Å². The number of hydrogen-bond donors (Lipinski definition) is 1. The van der Waals surface area contributed by atoms with Gasteiger partial charge in [0.25, 0.3) is 0 Å². The summed E-state index contributed by atoms with van der Waals surface area (Å²) in [4.78, 5) is 11.2. The number of nitrogens with zero attached hydrogens (tertiary/aromatic N) is 1. The molecular formula is C14H15Cl2NO4S. The summed E-state index contributed by atoms with van der Waals surface area (Å²) in [7, 11) is -3.92. The van der Waals surface area contributed by atoms with Gasteiger partial charge in [0.1, 0.15) is 4.90 Å². The Bertz CT molecular complexity index is 749. The molecule has 0 amide bonds. The maximum atomic E-state index is 13.0. The predicted octanol–water partition coefficient (Wildman–Crippen LogP) is 2.93. The van der Waals surface area contributed by atoms with Crippen molar-refractivity contribution in [2.75, 3.05) is 0 Å². The first-order chi connectivity index (χ1) is 10.2. The molecule has 120 valence electrons. The van der Waals surface area contributed by atoms with Crippen LogP contribution in [0.1, 0.15) is 24.8 Å². The molecule has 3 atom stereocenters. The molecule has 2 aliphatic rings. The highest BCUT2D eigenvalue weighted by Crippen LogP contribution is 2.47. The van der Waals surface area contributed by atoms with Crippen LogP contribution in [-0.4, -0.2) is 35.9 Å². The molecule has 2 heterocycles. The van der Waals surface area contributed by atoms with Crippen LogP contribution >= 0.6 is 23.2 Å². The van der Waals surface area contributed by atoms with Crippen LogP contribution in [0, 0.1) is 12.8 Å². The fourth-order valence-corrected chi connectivity index (χ4v) is 6.61. The van der Waals surface area contributed by atoms with Gasteiger partial charge in [0.15, 0.2) is 0 Å². The van der Waals surface area contributed by atoms with E-state index in [1.807, 2.05) is 0 Å². The minimum atomic E-state index is -3.92. The highest BCUT2D eigenvalue weighted by atomic mass is 35.5. The molecule has 5 nitrogen and oxygen atoms in total. The van der Waals surface area contributed by atoms with Crippen LogP contribution in [-0.2, 0) is 14.8 Å². The minimum absolute atomic E-state index is 0.0637. The maximum absolute atomic E-state index is 13.0. The van der Waals surface area contributed by atoms with E-state index in [-0.39, 0.29) is 21.0 Å². The fraction of sp³-hybridized carbons (Fsp3) is 0.500. The SMILES string of the molecule is Cc1ccc(Cl)c(S(=O)(=O)N2C3CCC2C(C(=O)O)C3)c1Cl. The molecule has 0 saturated carbocycles. The Morgan fingerprint density at radius 2 is 2.00 bits per heavy atom. The zero-order valence-corrected chi connectivity index (χ0v) is 14.1. The average molecular weight is 364 g/mol. The van der Waals surface area contributed by atoms with Crippen molar-refractivity contribution in [1.82, 2.24) is 4.31 Å². The summed E-state index contributed by atoms with van der Waals surface area (Å²) in [6, 6.07) is 2.36. The molecule has 3 unspecified atom stereocenters. The zero-order valence-electron chi connectivity index (χ0n) is 11.8. The van der Waals surface area contributed by atoms with Crippen molar-refractivity contribution in [2.45, 2.75) is 43.2 Å². The normalized spacial score (nSPS) is 28.2. The van der Waals surface area contributed by atoms with Gasteiger partial charge < -0.3 is 5.11 Å². The molecule has 1 N–H and O–H groups in total. The fourth-order valence-electron chi connectivity index (χ4n) is 3.55. The molecule has 22 heavy (non-hydrogen) atoms. The Labute approximate surface area is 138 Å². The van der Waals surface area contributed by atoms with Crippen molar-refractivity contribution in [3.63, 3.8) is 0 Å². The molecule has 0 spiro atoms. The van der Waals surface area contributed by atoms with Crippen LogP contribution < -0.4 is 0 Å². The van der Waals surface area contributed by atoms with E-state index in [1.165, 1.54) is 10.4 Å². The summed E-state index contributed by atoms with van der Waals surface area (Å²) >= 11 is 12.2. The predicted molar refractivity (Wildman–Crippen MR) is 82.8 cm³/mol. The van der Waals surface area contributed by atoms with Gasteiger partial charge in [-0.25, -0.2) is 8.42 Å². The number of carboxylic acid groups (broad SMARTS) is 1. The number of sulfonamides is 1. The summed E-state index contributed by atoms with van der Waals surface area (Å²) in [5.41, 5.74) is 0.617. The molecule has 8 heteroatoms. The quantitative estimate of drug-likeness (QED) is 0.895. The van der Waals surface area contributed by atoms with E-state index in [0.717, 1.165) is 0 Å². The Balaban J connectivity index is 2.09. The van der Waals surface area contributed by atoms with Crippen LogP contribution in [0.3, 0.4) is 0 Å². The third-order valence-corrected chi connectivity index (χ3v) is 7.66. The van der Waals surface area contributed by atoms with Gasteiger partial charge in [-0.3, -0.25) is 4.79 Å². The number of aryl methyl sites for hydroxylation is 1. The average Bonchev–Trinajstić information content (AvgIpc) is 3.01. The second-order valence-corrected chi connectivity index (χ2v) is 8.39. The van der Waals surface area contributed by atoms with Gasteiger partial charge in [-0.15, -0.1) is 0 Å². The first kappa shape index (κ1) is 16.1. The van der Waals surface area contributed by atoms with Crippen LogP contribution in [0.25, 0.3) is 0 Å². The van der Waals surface area contributed by atoms with E-state index in [2.05, 4.69) is 0 Å². The number of rotatable bonds is 3. The molecule has 1 aromatic rings. The summed E-state index contributed by atoms with van der Waals surface area (Å²) in [5.74, 6) is -1.61. The summed E-state index contributed by atoms with van der Waals surface area (Å²) in [6.45, 7) is 1.70. The van der Waals surface area contributed by atoms with Gasteiger partial charge in [0, 0.05) is 12.1 Å². The number of carboxylic acids is 1. The smallest absolute Gasteiger partial charge is 0.308 e. The van der Waals surface area contributed by atoms with Gasteiger partial charge in [-0.1, -0.05) is 29.3 Å². The van der Waals surface area contributed by atoms with Crippen LogP contribution in [0.4, 0.5) is 0 Å². The van der Waals surface area contributed by atoms with Crippen LogP contribution in [0.5, 0.6) is 0 Å². The molecule has 3 rings (SSSR count). The molecule has 2 aliphatic heterocycles. The summed E-state index contributed by atoms with van der Waals surface area (Å²) in [5, 5.41) is 9.44. The number of hydrogen-bond acceptors (Lipinski definition) is 3. The molecule has 0 aromatic heterocycles. The van der Waals surface area contributed by atoms with Gasteiger partial charge in [0.2, 0.25) is 10.0 Å². The summed E-state index contributed by atoms with van der Waals surface area (Å²) < 4.78 is 27.4. The number of fused-ring (bicyclic) bond motifs is 2. The Hall–Kier alpha value is -0.820. The Morgan fingerprint density at radius 3 is 2.59 bits per heavy atom. The first-order valence-corrected chi connectivity index (χ1v) is 9.15. The molecular weight excluding hydrogens is 349 g/mol. The lowest BCUT2D eigenvalue weighted by atomic mass is 9.89. The van der Waals surface area contributed by atoms with Gasteiger partial charge >= 0.3 is 5.97 Å². The largest absolute Gasteiger partial charge is 0.481 e. The van der Waals surface area contributed by atoms with Crippen molar-refractivity contribution in [1.29, 1.82) is 0 Å². The number of halogens is 2. The van der Waals surface area contributed by atoms with Crippen LogP contribution in [0.15, 0.2) is 17.0 Å². The first-order valence-electron chi connectivity index (χ1n) is 6.96. The molecule has 2 saturated heterocycles. The standard InChI is InChI=1S/C14H15Cl2NO4S/c1-7-2-4-10(15)13(12(7)16)22(20,21)17-8-3-5-11(17)9(6-8)14(18)19/h2,4,8-9,11H,3,5-6H2,1H3,(H,18,19). The number of carbonyl (C=O) groups is 1. The second-order valence-electron chi connectivity index (χ2n) is 5.82. The number of aliphatic carboxylic acids is 1. The maximum Gasteiger partial charge on any atom is 0.308 e. The highest BCUT2D eigenvalue weighted by Gasteiger charge is 2.55. The van der Waals surface area contributed by atoms with Crippen molar-refractivity contribution >= 4 is 39.2 Å². The lowest BCUT2D eigenvalue weighted by Gasteiger charge is -2.24. The monoisotopic (exact) mass is 363 g/mol. The van der Waals surface area contributed by atoms with E-state index >= 15 is 0 Å². The van der Waals surface area contributed by atoms with Crippen molar-refractivity contribution in [3.05, 3.63) is 27.7 Å². The summed E-state index contributed by atoms with van der Waals surface area (Å²) in [6.07, 6.45) is 1.58. The third-order valence-electron chi connectivity index (χ3n) is 4.57. The van der Waals surface area contributed by atoms with Crippen LogP contribution in [0.2, 0.25) is 10.0 Å². The highest BCUT2D eigenvalue weighted by molar-refractivity contribution is 7.89. The lowest BCUT2D eigenvalue weighted by Crippen LogP contribution is -2.38. The van der Waals surface area contributed by atoms with E-state index in [1.54, 1.807) is 13.0 Å². The number of benzene rings is 1. The topological polar surface area (TPSA) is 74.7 Å². The van der Waals surface area contributed by atoms with Gasteiger partial charge in [0.05, 0.1) is 16.0 Å². The van der Waals surface area contributed by atoms with E-state index < -0.39 is 28.0 Å². The van der Waals surface area contributed by atoms with Crippen molar-refractivity contribution in [3.8, 4) is 0 Å². The lowest BCUT2D eigenvalue weighted by molar-refractivity contribution is -0.142. The second kappa shape index (κ2) is 5.37. The van der Waals surface area contributed by atoms with E-state index in [0.29, 0.717) is 24.8 Å². The Morgan fingerprint density at radius 1 is 1.32 bits per heavy atom. The molecule has 0 aliphatic carbocycles. The molecule has 2 bridgehead atoms. The molecule has 1 aromatic carbocycles. The minimum Gasteiger partial charge on any atom is -0.481 e. The van der Waals surface area contributed by atoms with Crippen molar-refractivity contribution < 1.29 is 18.3 Å². The van der Waals surface area contributed by atoms with Crippen molar-refractivity contribution in [2.24, 2.45) is 5.92 Å². The third kappa shape index (κ3) is 2.24. The molecule has 0 radical (unpaired) electrons. The molecule has 2 fully saturated rings. The van der Waals surface area contributed by atoms with E-state index in [4.69, 9.17) is 23.2 Å².